The number of nitrogens with one attached hydrogen (secondary N) is 2. The Hall–Kier alpha value is -2.41. The van der Waals surface area contributed by atoms with Crippen LogP contribution in [0.1, 0.15) is 5.56 Å². The molecule has 1 atom stereocenters. The first-order valence-electron chi connectivity index (χ1n) is 6.64. The zero-order valence-electron chi connectivity index (χ0n) is 12.1. The number of methoxy groups -OCH3 is 1. The van der Waals surface area contributed by atoms with Crippen LogP contribution in [0.5, 0.6) is 6.01 Å². The Morgan fingerprint density at radius 3 is 2.48 bits per heavy atom. The molecule has 0 spiro atoms. The number of aromatic nitrogens is 3. The number of rotatable bonds is 7. The van der Waals surface area contributed by atoms with Gasteiger partial charge in [-0.3, -0.25) is 0 Å². The average Bonchev–Trinajstić information content (AvgIpc) is 2.54. The van der Waals surface area contributed by atoms with Crippen molar-refractivity contribution in [3.8, 4) is 6.01 Å². The maximum Gasteiger partial charge on any atom is 0.322 e. The molecule has 21 heavy (non-hydrogen) atoms. The first-order valence-corrected chi connectivity index (χ1v) is 6.64. The topological polar surface area (TPSA) is 92.2 Å². The molecule has 1 heterocycles. The van der Waals surface area contributed by atoms with Gasteiger partial charge in [-0.2, -0.15) is 15.0 Å². The van der Waals surface area contributed by atoms with Gasteiger partial charge in [-0.05, 0) is 12.0 Å². The second-order valence-corrected chi connectivity index (χ2v) is 4.43. The molecule has 2 aromatic rings. The molecule has 0 saturated heterocycles. The molecule has 0 radical (unpaired) electrons. The molecule has 1 aromatic carbocycles. The van der Waals surface area contributed by atoms with Crippen molar-refractivity contribution in [2.24, 2.45) is 0 Å². The highest BCUT2D eigenvalue weighted by molar-refractivity contribution is 5.36. The summed E-state index contributed by atoms with van der Waals surface area (Å²) in [5.41, 5.74) is 1.12. The summed E-state index contributed by atoms with van der Waals surface area (Å²) in [4.78, 5) is 12.3. The Morgan fingerprint density at radius 1 is 1.14 bits per heavy atom. The van der Waals surface area contributed by atoms with Gasteiger partial charge in [0.15, 0.2) is 0 Å². The highest BCUT2D eigenvalue weighted by Crippen LogP contribution is 2.12. The quantitative estimate of drug-likeness (QED) is 0.698. The molecule has 1 aromatic heterocycles. The summed E-state index contributed by atoms with van der Waals surface area (Å²) in [6.45, 7) is -0.0300. The molecule has 0 aliphatic heterocycles. The second-order valence-electron chi connectivity index (χ2n) is 4.43. The van der Waals surface area contributed by atoms with Crippen LogP contribution in [0.15, 0.2) is 30.3 Å². The minimum Gasteiger partial charge on any atom is -0.467 e. The fraction of sp³-hybridized carbons (Fsp3) is 0.357. The number of aliphatic hydroxyl groups excluding tert-OH is 1. The van der Waals surface area contributed by atoms with Crippen molar-refractivity contribution >= 4 is 11.9 Å². The molecule has 0 amide bonds. The zero-order valence-corrected chi connectivity index (χ0v) is 12.1. The van der Waals surface area contributed by atoms with E-state index < -0.39 is 0 Å². The normalized spacial score (nSPS) is 11.8. The van der Waals surface area contributed by atoms with Crippen LogP contribution in [-0.4, -0.2) is 46.9 Å². The van der Waals surface area contributed by atoms with E-state index in [2.05, 4.69) is 25.6 Å². The summed E-state index contributed by atoms with van der Waals surface area (Å²) in [5, 5.41) is 15.5. The lowest BCUT2D eigenvalue weighted by molar-refractivity contribution is 0.273. The number of hydrogen-bond acceptors (Lipinski definition) is 7. The van der Waals surface area contributed by atoms with E-state index in [1.54, 1.807) is 7.05 Å². The van der Waals surface area contributed by atoms with Crippen molar-refractivity contribution in [3.63, 3.8) is 0 Å². The summed E-state index contributed by atoms with van der Waals surface area (Å²) in [6.07, 6.45) is 0.667. The largest absolute Gasteiger partial charge is 0.467 e. The number of anilines is 2. The summed E-state index contributed by atoms with van der Waals surface area (Å²) in [6, 6.07) is 9.94. The van der Waals surface area contributed by atoms with Crippen molar-refractivity contribution < 1.29 is 9.84 Å². The molecule has 2 rings (SSSR count). The monoisotopic (exact) mass is 289 g/mol. The minimum atomic E-state index is -0.191. The molecule has 0 aliphatic carbocycles. The predicted octanol–water partition coefficient (Wildman–Crippen LogP) is 0.937. The van der Waals surface area contributed by atoms with Crippen LogP contribution in [0.4, 0.5) is 11.9 Å². The summed E-state index contributed by atoms with van der Waals surface area (Å²) >= 11 is 0. The lowest BCUT2D eigenvalue weighted by Crippen LogP contribution is -2.27. The SMILES string of the molecule is CNc1nc(NC(CO)Cc2ccccc2)nc(OC)n1. The fourth-order valence-electron chi connectivity index (χ4n) is 1.87. The predicted molar refractivity (Wildman–Crippen MR) is 80.6 cm³/mol. The van der Waals surface area contributed by atoms with E-state index in [-0.39, 0.29) is 18.7 Å². The lowest BCUT2D eigenvalue weighted by atomic mass is 10.1. The lowest BCUT2D eigenvalue weighted by Gasteiger charge is -2.16. The number of ether oxygens (including phenoxy) is 1. The van der Waals surface area contributed by atoms with E-state index in [0.29, 0.717) is 18.3 Å². The molecule has 112 valence electrons. The molecule has 7 heteroatoms. The van der Waals surface area contributed by atoms with Crippen molar-refractivity contribution in [2.45, 2.75) is 12.5 Å². The van der Waals surface area contributed by atoms with Crippen LogP contribution in [0.25, 0.3) is 0 Å². The van der Waals surface area contributed by atoms with Gasteiger partial charge in [-0.15, -0.1) is 0 Å². The van der Waals surface area contributed by atoms with Crippen LogP contribution < -0.4 is 15.4 Å². The van der Waals surface area contributed by atoms with Gasteiger partial charge < -0.3 is 20.5 Å². The Morgan fingerprint density at radius 2 is 1.86 bits per heavy atom. The summed E-state index contributed by atoms with van der Waals surface area (Å²) in [5.74, 6) is 0.766. The van der Waals surface area contributed by atoms with Gasteiger partial charge in [0.05, 0.1) is 19.8 Å². The maximum atomic E-state index is 9.52. The molecule has 3 N–H and O–H groups in total. The van der Waals surface area contributed by atoms with E-state index in [9.17, 15) is 5.11 Å². The van der Waals surface area contributed by atoms with Crippen LogP contribution >= 0.6 is 0 Å². The Kier molecular flexibility index (Phi) is 5.28. The average molecular weight is 289 g/mol. The summed E-state index contributed by atoms with van der Waals surface area (Å²) in [7, 11) is 3.21. The molecule has 0 saturated carbocycles. The van der Waals surface area contributed by atoms with E-state index in [1.807, 2.05) is 30.3 Å². The number of aliphatic hydroxyl groups is 1. The van der Waals surface area contributed by atoms with Gasteiger partial charge in [0.25, 0.3) is 0 Å². The van der Waals surface area contributed by atoms with Crippen LogP contribution in [0.3, 0.4) is 0 Å². The fourth-order valence-corrected chi connectivity index (χ4v) is 1.87. The number of hydrogen-bond donors (Lipinski definition) is 3. The van der Waals surface area contributed by atoms with Gasteiger partial charge in [0.2, 0.25) is 11.9 Å². The second kappa shape index (κ2) is 7.39. The van der Waals surface area contributed by atoms with Gasteiger partial charge >= 0.3 is 6.01 Å². The number of benzene rings is 1. The zero-order chi connectivity index (χ0) is 15.1. The van der Waals surface area contributed by atoms with Crippen molar-refractivity contribution in [3.05, 3.63) is 35.9 Å². The molecule has 7 nitrogen and oxygen atoms in total. The highest BCUT2D eigenvalue weighted by atomic mass is 16.5. The standard InChI is InChI=1S/C14H19N5O2/c1-15-12-17-13(19-14(18-12)21-2)16-11(9-20)8-10-6-4-3-5-7-10/h3-7,11,20H,8-9H2,1-2H3,(H2,15,16,17,18,19). The maximum absolute atomic E-state index is 9.52. The van der Waals surface area contributed by atoms with Crippen molar-refractivity contribution in [1.29, 1.82) is 0 Å². The van der Waals surface area contributed by atoms with E-state index in [0.717, 1.165) is 5.56 Å². The Balaban J connectivity index is 2.11. The Bertz CT molecular complexity index is 542. The van der Waals surface area contributed by atoms with Crippen molar-refractivity contribution in [2.75, 3.05) is 31.4 Å². The smallest absolute Gasteiger partial charge is 0.322 e. The minimum absolute atomic E-state index is 0.0300. The molecular formula is C14H19N5O2. The molecule has 0 aliphatic rings. The third kappa shape index (κ3) is 4.28. The van der Waals surface area contributed by atoms with Gasteiger partial charge in [0.1, 0.15) is 0 Å². The first kappa shape index (κ1) is 15.0. The van der Waals surface area contributed by atoms with Crippen LogP contribution in [-0.2, 0) is 6.42 Å². The molecular weight excluding hydrogens is 270 g/mol. The third-order valence-electron chi connectivity index (χ3n) is 2.90. The molecule has 0 bridgehead atoms. The van der Waals surface area contributed by atoms with Crippen molar-refractivity contribution in [1.82, 2.24) is 15.0 Å². The number of nitrogens with zero attached hydrogens (tertiary/aromatic N) is 3. The van der Waals surface area contributed by atoms with Crippen LogP contribution in [0.2, 0.25) is 0 Å². The Labute approximate surface area is 123 Å². The molecule has 1 unspecified atom stereocenters. The molecule has 0 fully saturated rings. The summed E-state index contributed by atoms with van der Waals surface area (Å²) < 4.78 is 5.03. The van der Waals surface area contributed by atoms with E-state index >= 15 is 0 Å². The highest BCUT2D eigenvalue weighted by Gasteiger charge is 2.12. The van der Waals surface area contributed by atoms with E-state index in [4.69, 9.17) is 4.74 Å². The van der Waals surface area contributed by atoms with Gasteiger partial charge in [-0.25, -0.2) is 0 Å². The van der Waals surface area contributed by atoms with E-state index in [1.165, 1.54) is 7.11 Å². The van der Waals surface area contributed by atoms with Gasteiger partial charge in [-0.1, -0.05) is 30.3 Å². The van der Waals surface area contributed by atoms with Crippen LogP contribution in [0, 0.1) is 0 Å². The first-order chi connectivity index (χ1) is 10.2. The van der Waals surface area contributed by atoms with Gasteiger partial charge in [0, 0.05) is 7.05 Å². The third-order valence-corrected chi connectivity index (χ3v) is 2.90.